The van der Waals surface area contributed by atoms with E-state index in [0.717, 1.165) is 12.5 Å². The smallest absolute Gasteiger partial charge is 0.271 e. The lowest BCUT2D eigenvalue weighted by atomic mass is 9.93. The fraction of sp³-hybridized carbons (Fsp3) is 0.538. The van der Waals surface area contributed by atoms with Gasteiger partial charge in [0.05, 0.1) is 5.56 Å². The highest BCUT2D eigenvalue weighted by Crippen LogP contribution is 2.35. The summed E-state index contributed by atoms with van der Waals surface area (Å²) in [5, 5.41) is 0. The van der Waals surface area contributed by atoms with E-state index < -0.39 is 23.6 Å². The van der Waals surface area contributed by atoms with Crippen molar-refractivity contribution in [3.05, 3.63) is 35.1 Å². The first-order valence-corrected chi connectivity index (χ1v) is 6.13. The molecule has 2 atom stereocenters. The molecule has 0 spiro atoms. The van der Waals surface area contributed by atoms with E-state index in [0.29, 0.717) is 6.42 Å². The van der Waals surface area contributed by atoms with Crippen molar-refractivity contribution in [1.82, 2.24) is 5.43 Å². The zero-order valence-corrected chi connectivity index (χ0v) is 10.9. The van der Waals surface area contributed by atoms with Crippen LogP contribution in [-0.2, 0) is 6.18 Å². The number of hydrogen-bond acceptors (Lipinski definition) is 2. The van der Waals surface area contributed by atoms with Crippen LogP contribution in [0.15, 0.2) is 18.2 Å². The zero-order chi connectivity index (χ0) is 14.6. The van der Waals surface area contributed by atoms with E-state index in [1.54, 1.807) is 0 Å². The maximum Gasteiger partial charge on any atom is 0.419 e. The third-order valence-electron chi connectivity index (χ3n) is 3.25. The summed E-state index contributed by atoms with van der Waals surface area (Å²) in [5.41, 5.74) is 1.10. The van der Waals surface area contributed by atoms with Crippen LogP contribution in [-0.4, -0.2) is 0 Å². The van der Waals surface area contributed by atoms with Gasteiger partial charge in [0, 0.05) is 11.6 Å². The van der Waals surface area contributed by atoms with Gasteiger partial charge in [-0.1, -0.05) is 32.4 Å². The molecule has 0 saturated carbocycles. The highest BCUT2D eigenvalue weighted by atomic mass is 19.4. The average Bonchev–Trinajstić information content (AvgIpc) is 2.34. The summed E-state index contributed by atoms with van der Waals surface area (Å²) in [6.07, 6.45) is -3.38. The molecule has 0 saturated heterocycles. The average molecular weight is 278 g/mol. The largest absolute Gasteiger partial charge is 0.419 e. The maximum atomic E-state index is 13.9. The van der Waals surface area contributed by atoms with Gasteiger partial charge < -0.3 is 0 Å². The van der Waals surface area contributed by atoms with Crippen LogP contribution in [0, 0.1) is 11.7 Å². The molecule has 0 heterocycles. The first-order chi connectivity index (χ1) is 8.81. The van der Waals surface area contributed by atoms with E-state index in [2.05, 4.69) is 5.43 Å². The molecule has 2 nitrogen and oxygen atoms in total. The number of benzene rings is 1. The molecule has 2 unspecified atom stereocenters. The molecule has 0 bridgehead atoms. The number of hydrazine groups is 1. The standard InChI is InChI=1S/C13H18F4N2/c1-3-8(2)7-11(19-18)9-5-4-6-10(12(9)14)13(15,16)17/h4-6,8,11,19H,3,7,18H2,1-2H3. The highest BCUT2D eigenvalue weighted by molar-refractivity contribution is 5.30. The topological polar surface area (TPSA) is 38.0 Å². The minimum absolute atomic E-state index is 0.0439. The Balaban J connectivity index is 3.12. The lowest BCUT2D eigenvalue weighted by Crippen LogP contribution is -2.30. The zero-order valence-electron chi connectivity index (χ0n) is 10.9. The van der Waals surface area contributed by atoms with Gasteiger partial charge in [-0.05, 0) is 18.4 Å². The molecule has 0 aromatic heterocycles. The van der Waals surface area contributed by atoms with Crippen molar-refractivity contribution in [2.45, 2.75) is 38.9 Å². The van der Waals surface area contributed by atoms with Gasteiger partial charge in [0.25, 0.3) is 0 Å². The van der Waals surface area contributed by atoms with E-state index in [9.17, 15) is 17.6 Å². The molecule has 1 aromatic carbocycles. The first kappa shape index (κ1) is 15.9. The Morgan fingerprint density at radius 3 is 2.42 bits per heavy atom. The van der Waals surface area contributed by atoms with E-state index in [1.165, 1.54) is 12.1 Å². The second-order valence-electron chi connectivity index (χ2n) is 4.67. The molecule has 1 aromatic rings. The second kappa shape index (κ2) is 6.34. The third-order valence-corrected chi connectivity index (χ3v) is 3.25. The van der Waals surface area contributed by atoms with Crippen LogP contribution in [0.1, 0.15) is 43.9 Å². The highest BCUT2D eigenvalue weighted by Gasteiger charge is 2.35. The third kappa shape index (κ3) is 3.91. The van der Waals surface area contributed by atoms with Gasteiger partial charge in [-0.2, -0.15) is 13.2 Å². The van der Waals surface area contributed by atoms with Gasteiger partial charge in [0.1, 0.15) is 5.82 Å². The lowest BCUT2D eigenvalue weighted by Gasteiger charge is -2.21. The van der Waals surface area contributed by atoms with Crippen LogP contribution in [0.3, 0.4) is 0 Å². The molecule has 19 heavy (non-hydrogen) atoms. The number of hydrogen-bond donors (Lipinski definition) is 2. The summed E-state index contributed by atoms with van der Waals surface area (Å²) in [5.74, 6) is 4.32. The Morgan fingerprint density at radius 1 is 1.32 bits per heavy atom. The van der Waals surface area contributed by atoms with Crippen molar-refractivity contribution >= 4 is 0 Å². The monoisotopic (exact) mass is 278 g/mol. The Kier molecular flexibility index (Phi) is 5.31. The Hall–Kier alpha value is -1.14. The maximum absolute atomic E-state index is 13.9. The van der Waals surface area contributed by atoms with E-state index >= 15 is 0 Å². The molecule has 0 aliphatic rings. The second-order valence-corrected chi connectivity index (χ2v) is 4.67. The number of nitrogens with one attached hydrogen (secondary N) is 1. The number of halogens is 4. The van der Waals surface area contributed by atoms with Crippen molar-refractivity contribution in [3.8, 4) is 0 Å². The summed E-state index contributed by atoms with van der Waals surface area (Å²) < 4.78 is 51.8. The Bertz CT molecular complexity index is 418. The minimum Gasteiger partial charge on any atom is -0.271 e. The fourth-order valence-corrected chi connectivity index (χ4v) is 1.89. The summed E-state index contributed by atoms with van der Waals surface area (Å²) in [7, 11) is 0. The summed E-state index contributed by atoms with van der Waals surface area (Å²) >= 11 is 0. The Labute approximate surface area is 110 Å². The molecular formula is C13H18F4N2. The Morgan fingerprint density at radius 2 is 1.95 bits per heavy atom. The van der Waals surface area contributed by atoms with Gasteiger partial charge >= 0.3 is 6.18 Å². The van der Waals surface area contributed by atoms with Crippen molar-refractivity contribution in [2.24, 2.45) is 11.8 Å². The molecule has 0 fully saturated rings. The van der Waals surface area contributed by atoms with Crippen LogP contribution in [0.2, 0.25) is 0 Å². The van der Waals surface area contributed by atoms with E-state index in [1.807, 2.05) is 13.8 Å². The number of alkyl halides is 3. The first-order valence-electron chi connectivity index (χ1n) is 6.13. The summed E-state index contributed by atoms with van der Waals surface area (Å²) in [4.78, 5) is 0. The quantitative estimate of drug-likeness (QED) is 0.488. The van der Waals surface area contributed by atoms with Gasteiger partial charge in [-0.15, -0.1) is 0 Å². The van der Waals surface area contributed by atoms with Gasteiger partial charge in [0.2, 0.25) is 0 Å². The van der Waals surface area contributed by atoms with E-state index in [-0.39, 0.29) is 11.5 Å². The summed E-state index contributed by atoms with van der Waals surface area (Å²) in [6.45, 7) is 3.90. The molecule has 6 heteroatoms. The van der Waals surface area contributed by atoms with Gasteiger partial charge in [-0.3, -0.25) is 11.3 Å². The van der Waals surface area contributed by atoms with Crippen molar-refractivity contribution in [3.63, 3.8) is 0 Å². The van der Waals surface area contributed by atoms with Crippen molar-refractivity contribution in [1.29, 1.82) is 0 Å². The predicted molar refractivity (Wildman–Crippen MR) is 65.5 cm³/mol. The molecule has 0 aliphatic heterocycles. The van der Waals surface area contributed by atoms with Crippen molar-refractivity contribution in [2.75, 3.05) is 0 Å². The minimum atomic E-state index is -4.70. The molecule has 108 valence electrons. The van der Waals surface area contributed by atoms with Crippen LogP contribution >= 0.6 is 0 Å². The summed E-state index contributed by atoms with van der Waals surface area (Å²) in [6, 6.07) is 2.63. The van der Waals surface area contributed by atoms with Gasteiger partial charge in [0.15, 0.2) is 0 Å². The van der Waals surface area contributed by atoms with Crippen LogP contribution < -0.4 is 11.3 Å². The number of rotatable bonds is 5. The number of nitrogens with two attached hydrogens (primary N) is 1. The molecule has 0 radical (unpaired) electrons. The predicted octanol–water partition coefficient (Wildman–Crippen LogP) is 3.79. The molecule has 1 rings (SSSR count). The van der Waals surface area contributed by atoms with E-state index in [4.69, 9.17) is 5.84 Å². The van der Waals surface area contributed by atoms with Crippen LogP contribution in [0.5, 0.6) is 0 Å². The fourth-order valence-electron chi connectivity index (χ4n) is 1.89. The molecule has 0 amide bonds. The molecular weight excluding hydrogens is 260 g/mol. The van der Waals surface area contributed by atoms with Gasteiger partial charge in [-0.25, -0.2) is 4.39 Å². The lowest BCUT2D eigenvalue weighted by molar-refractivity contribution is -0.140. The van der Waals surface area contributed by atoms with Crippen molar-refractivity contribution < 1.29 is 17.6 Å². The molecule has 0 aliphatic carbocycles. The van der Waals surface area contributed by atoms with Crippen LogP contribution in [0.25, 0.3) is 0 Å². The normalized spacial score (nSPS) is 15.3. The SMILES string of the molecule is CCC(C)CC(NN)c1cccc(C(F)(F)F)c1F. The molecule has 3 N–H and O–H groups in total. The van der Waals surface area contributed by atoms with Crippen LogP contribution in [0.4, 0.5) is 17.6 Å².